The number of aromatic nitrogens is 1. The first-order valence-electron chi connectivity index (χ1n) is 9.69. The molecule has 2 aliphatic heterocycles. The zero-order valence-corrected chi connectivity index (χ0v) is 15.6. The van der Waals surface area contributed by atoms with Crippen LogP contribution in [0.3, 0.4) is 0 Å². The summed E-state index contributed by atoms with van der Waals surface area (Å²) in [4.78, 5) is 18.1. The Labute approximate surface area is 154 Å². The average molecular weight is 356 g/mol. The van der Waals surface area contributed by atoms with E-state index in [1.54, 1.807) is 0 Å². The van der Waals surface area contributed by atoms with Crippen LogP contribution >= 0.6 is 0 Å². The van der Waals surface area contributed by atoms with Crippen molar-refractivity contribution in [2.24, 2.45) is 5.41 Å². The van der Waals surface area contributed by atoms with Crippen molar-refractivity contribution in [3.05, 3.63) is 35.5 Å². The van der Waals surface area contributed by atoms with E-state index in [4.69, 9.17) is 4.74 Å². The molecule has 5 nitrogen and oxygen atoms in total. The van der Waals surface area contributed by atoms with Crippen LogP contribution < -0.4 is 0 Å². The molecule has 0 radical (unpaired) electrons. The number of piperidine rings is 1. The zero-order chi connectivity index (χ0) is 18.3. The number of rotatable bonds is 4. The van der Waals surface area contributed by atoms with Crippen LogP contribution in [0.1, 0.15) is 49.9 Å². The Balaban J connectivity index is 1.79. The number of hydrogen-bond donors (Lipinski definition) is 2. The Morgan fingerprint density at radius 1 is 1.42 bits per heavy atom. The van der Waals surface area contributed by atoms with Gasteiger partial charge in [-0.05, 0) is 55.7 Å². The molecular weight excluding hydrogens is 328 g/mol. The van der Waals surface area contributed by atoms with Gasteiger partial charge in [-0.15, -0.1) is 0 Å². The number of carbonyl (C=O) groups is 1. The fourth-order valence-corrected chi connectivity index (χ4v) is 5.33. The molecule has 0 aliphatic carbocycles. The van der Waals surface area contributed by atoms with Gasteiger partial charge in [-0.2, -0.15) is 0 Å². The van der Waals surface area contributed by atoms with Crippen LogP contribution in [0.25, 0.3) is 10.9 Å². The van der Waals surface area contributed by atoms with Crippen LogP contribution in [0.2, 0.25) is 0 Å². The van der Waals surface area contributed by atoms with E-state index in [2.05, 4.69) is 41.1 Å². The van der Waals surface area contributed by atoms with Crippen molar-refractivity contribution < 1.29 is 14.6 Å². The van der Waals surface area contributed by atoms with Crippen LogP contribution in [0, 0.1) is 5.41 Å². The van der Waals surface area contributed by atoms with Crippen molar-refractivity contribution >= 4 is 16.9 Å². The zero-order valence-electron chi connectivity index (χ0n) is 15.6. The van der Waals surface area contributed by atoms with Crippen LogP contribution in [-0.4, -0.2) is 47.3 Å². The minimum atomic E-state index is -1.06. The fourth-order valence-electron chi connectivity index (χ4n) is 5.33. The van der Waals surface area contributed by atoms with E-state index in [0.29, 0.717) is 6.42 Å². The number of benzene rings is 1. The number of H-pyrrole nitrogens is 1. The lowest BCUT2D eigenvalue weighted by Crippen LogP contribution is -2.51. The number of esters is 1. The first-order valence-corrected chi connectivity index (χ1v) is 9.69. The van der Waals surface area contributed by atoms with E-state index in [9.17, 15) is 9.90 Å². The minimum absolute atomic E-state index is 0.123. The number of aliphatic hydroxyl groups excluding tert-OH is 1. The molecule has 0 saturated carbocycles. The minimum Gasteiger partial charge on any atom is -0.467 e. The van der Waals surface area contributed by atoms with Crippen LogP contribution in [0.5, 0.6) is 0 Å². The predicted octanol–water partition coefficient (Wildman–Crippen LogP) is 3.18. The lowest BCUT2D eigenvalue weighted by atomic mass is 9.65. The second-order valence-electron chi connectivity index (χ2n) is 7.81. The standard InChI is InChI=1S/C21H28N2O3/c1-3-21(13-17(24)20(25)26-2)10-6-11-23-12-9-15-14-7-4-5-8-16(14)22-18(15)19(21)23/h4-5,7-8,17,19,22,24H,3,6,9-13H2,1-2H3/t17?,19?,21-/m0/s1. The van der Waals surface area contributed by atoms with Crippen molar-refractivity contribution in [2.75, 3.05) is 20.2 Å². The largest absolute Gasteiger partial charge is 0.467 e. The Morgan fingerprint density at radius 2 is 2.23 bits per heavy atom. The molecule has 2 aromatic rings. The van der Waals surface area contributed by atoms with E-state index >= 15 is 0 Å². The Hall–Kier alpha value is -1.85. The molecule has 140 valence electrons. The number of fused-ring (bicyclic) bond motifs is 5. The number of methoxy groups -OCH3 is 1. The summed E-state index contributed by atoms with van der Waals surface area (Å²) in [5, 5.41) is 11.8. The fraction of sp³-hybridized carbons (Fsp3) is 0.571. The van der Waals surface area contributed by atoms with Crippen molar-refractivity contribution in [3.63, 3.8) is 0 Å². The third-order valence-electron chi connectivity index (χ3n) is 6.61. The van der Waals surface area contributed by atoms with Crippen molar-refractivity contribution in [2.45, 2.75) is 51.2 Å². The normalized spacial score (nSPS) is 27.0. The van der Waals surface area contributed by atoms with E-state index in [-0.39, 0.29) is 11.5 Å². The van der Waals surface area contributed by atoms with Gasteiger partial charge >= 0.3 is 5.97 Å². The van der Waals surface area contributed by atoms with Gasteiger partial charge in [0.25, 0.3) is 0 Å². The van der Waals surface area contributed by atoms with Gasteiger partial charge < -0.3 is 14.8 Å². The molecule has 3 heterocycles. The molecule has 2 unspecified atom stereocenters. The van der Waals surface area contributed by atoms with Crippen molar-refractivity contribution in [3.8, 4) is 0 Å². The monoisotopic (exact) mass is 356 g/mol. The highest BCUT2D eigenvalue weighted by Gasteiger charge is 2.49. The molecule has 4 rings (SSSR count). The number of aliphatic hydroxyl groups is 1. The molecule has 0 bridgehead atoms. The molecule has 5 heteroatoms. The average Bonchev–Trinajstić information content (AvgIpc) is 3.05. The molecule has 0 amide bonds. The van der Waals surface area contributed by atoms with E-state index in [1.807, 2.05) is 0 Å². The Bertz CT molecular complexity index is 815. The quantitative estimate of drug-likeness (QED) is 0.826. The van der Waals surface area contributed by atoms with Gasteiger partial charge in [0.05, 0.1) is 13.2 Å². The molecule has 1 aromatic heterocycles. The second-order valence-corrected chi connectivity index (χ2v) is 7.81. The molecule has 1 fully saturated rings. The molecule has 2 N–H and O–H groups in total. The molecule has 1 saturated heterocycles. The summed E-state index contributed by atoms with van der Waals surface area (Å²) in [6.45, 7) is 4.30. The van der Waals surface area contributed by atoms with E-state index in [0.717, 1.165) is 38.8 Å². The van der Waals surface area contributed by atoms with Crippen molar-refractivity contribution in [1.29, 1.82) is 0 Å². The number of nitrogens with one attached hydrogen (secondary N) is 1. The van der Waals surface area contributed by atoms with Crippen LogP contribution in [-0.2, 0) is 16.0 Å². The van der Waals surface area contributed by atoms with Gasteiger partial charge in [-0.1, -0.05) is 25.1 Å². The van der Waals surface area contributed by atoms with Crippen molar-refractivity contribution in [1.82, 2.24) is 9.88 Å². The highest BCUT2D eigenvalue weighted by Crippen LogP contribution is 2.53. The van der Waals surface area contributed by atoms with Gasteiger partial charge in [-0.3, -0.25) is 4.90 Å². The smallest absolute Gasteiger partial charge is 0.334 e. The maximum Gasteiger partial charge on any atom is 0.334 e. The molecule has 2 aliphatic rings. The summed E-state index contributed by atoms with van der Waals surface area (Å²) >= 11 is 0. The maximum absolute atomic E-state index is 11.9. The number of para-hydroxylation sites is 1. The number of carbonyl (C=O) groups excluding carboxylic acids is 1. The van der Waals surface area contributed by atoms with Gasteiger partial charge in [0.1, 0.15) is 0 Å². The summed E-state index contributed by atoms with van der Waals surface area (Å²) in [7, 11) is 1.34. The third kappa shape index (κ3) is 2.65. The van der Waals surface area contributed by atoms with Gasteiger partial charge in [0, 0.05) is 23.1 Å². The number of aromatic amines is 1. The summed E-state index contributed by atoms with van der Waals surface area (Å²) in [5.74, 6) is -0.525. The lowest BCUT2D eigenvalue weighted by Gasteiger charge is -2.52. The lowest BCUT2D eigenvalue weighted by molar-refractivity contribution is -0.154. The maximum atomic E-state index is 11.9. The molecule has 0 spiro atoms. The highest BCUT2D eigenvalue weighted by atomic mass is 16.5. The summed E-state index contributed by atoms with van der Waals surface area (Å²) < 4.78 is 4.79. The summed E-state index contributed by atoms with van der Waals surface area (Å²) in [6.07, 6.45) is 3.49. The molecular formula is C21H28N2O3. The van der Waals surface area contributed by atoms with Crippen LogP contribution in [0.15, 0.2) is 24.3 Å². The molecule has 26 heavy (non-hydrogen) atoms. The number of ether oxygens (including phenoxy) is 1. The topological polar surface area (TPSA) is 65.6 Å². The molecule has 1 aromatic carbocycles. The summed E-state index contributed by atoms with van der Waals surface area (Å²) in [6, 6.07) is 8.71. The van der Waals surface area contributed by atoms with Gasteiger partial charge in [0.2, 0.25) is 0 Å². The van der Waals surface area contributed by atoms with Gasteiger partial charge in [0.15, 0.2) is 6.10 Å². The molecule has 3 atom stereocenters. The third-order valence-corrected chi connectivity index (χ3v) is 6.61. The van der Waals surface area contributed by atoms with Gasteiger partial charge in [-0.25, -0.2) is 4.79 Å². The second kappa shape index (κ2) is 6.71. The Kier molecular flexibility index (Phi) is 4.53. The number of nitrogens with zero attached hydrogens (tertiary/aromatic N) is 1. The summed E-state index contributed by atoms with van der Waals surface area (Å²) in [5.41, 5.74) is 3.76. The number of hydrogen-bond acceptors (Lipinski definition) is 4. The van der Waals surface area contributed by atoms with E-state index in [1.165, 1.54) is 29.3 Å². The first-order chi connectivity index (χ1) is 12.6. The SMILES string of the molecule is CC[C@@]1(CC(O)C(=O)OC)CCCN2CCc3c([nH]c4ccccc34)C21. The van der Waals surface area contributed by atoms with Crippen LogP contribution in [0.4, 0.5) is 0 Å². The van der Waals surface area contributed by atoms with E-state index < -0.39 is 12.1 Å². The predicted molar refractivity (Wildman–Crippen MR) is 101 cm³/mol. The highest BCUT2D eigenvalue weighted by molar-refractivity contribution is 5.85. The first kappa shape index (κ1) is 17.6. The Morgan fingerprint density at radius 3 is 3.00 bits per heavy atom.